The lowest BCUT2D eigenvalue weighted by Crippen LogP contribution is -2.41. The molecule has 0 unspecified atom stereocenters. The highest BCUT2D eigenvalue weighted by Gasteiger charge is 2.25. The fourth-order valence-electron chi connectivity index (χ4n) is 4.04. The van der Waals surface area contributed by atoms with Crippen LogP contribution in [0.4, 0.5) is 4.39 Å². The molecule has 0 atom stereocenters. The molecule has 1 saturated heterocycles. The first-order valence-electron chi connectivity index (χ1n) is 9.68. The van der Waals surface area contributed by atoms with Gasteiger partial charge in [0, 0.05) is 25.7 Å². The van der Waals surface area contributed by atoms with Gasteiger partial charge in [-0.1, -0.05) is 25.0 Å². The van der Waals surface area contributed by atoms with Crippen LogP contribution in [-0.2, 0) is 11.2 Å². The third-order valence-electron chi connectivity index (χ3n) is 5.48. The Morgan fingerprint density at radius 1 is 1.04 bits per heavy atom. The first kappa shape index (κ1) is 18.3. The topological polar surface area (TPSA) is 35.6 Å². The third kappa shape index (κ3) is 5.79. The Labute approximate surface area is 150 Å². The fraction of sp³-hybridized carbons (Fsp3) is 0.650. The molecule has 2 fully saturated rings. The summed E-state index contributed by atoms with van der Waals surface area (Å²) in [5, 5.41) is 2.99. The average molecular weight is 347 g/mol. The van der Waals surface area contributed by atoms with E-state index in [1.165, 1.54) is 44.4 Å². The lowest BCUT2D eigenvalue weighted by Gasteiger charge is -2.27. The van der Waals surface area contributed by atoms with Gasteiger partial charge in [-0.05, 0) is 56.5 Å². The number of rotatable bonds is 6. The van der Waals surface area contributed by atoms with Crippen molar-refractivity contribution in [1.29, 1.82) is 0 Å². The van der Waals surface area contributed by atoms with E-state index in [1.807, 2.05) is 0 Å². The van der Waals surface area contributed by atoms with Crippen LogP contribution < -0.4 is 5.32 Å². The summed E-state index contributed by atoms with van der Waals surface area (Å²) < 4.78 is 12.9. The number of hydrogen-bond donors (Lipinski definition) is 1. The second-order valence-electron chi connectivity index (χ2n) is 7.33. The molecule has 1 aromatic rings. The van der Waals surface area contributed by atoms with E-state index < -0.39 is 0 Å². The summed E-state index contributed by atoms with van der Waals surface area (Å²) in [6, 6.07) is 7.25. The second-order valence-corrected chi connectivity index (χ2v) is 7.33. The largest absolute Gasteiger partial charge is 0.355 e. The Bertz CT molecular complexity index is 542. The van der Waals surface area contributed by atoms with Crippen molar-refractivity contribution in [2.45, 2.75) is 44.6 Å². The molecule has 1 aromatic carbocycles. The molecule has 1 aliphatic carbocycles. The van der Waals surface area contributed by atoms with E-state index in [1.54, 1.807) is 12.1 Å². The summed E-state index contributed by atoms with van der Waals surface area (Å²) in [5.41, 5.74) is 1.05. The highest BCUT2D eigenvalue weighted by Crippen LogP contribution is 2.24. The molecule has 3 rings (SSSR count). The number of halogens is 1. The summed E-state index contributed by atoms with van der Waals surface area (Å²) in [6.45, 7) is 5.35. The maximum absolute atomic E-state index is 12.9. The van der Waals surface area contributed by atoms with Gasteiger partial charge in [0.1, 0.15) is 5.82 Å². The number of benzene rings is 1. The Morgan fingerprint density at radius 3 is 2.56 bits per heavy atom. The normalized spacial score (nSPS) is 20.5. The van der Waals surface area contributed by atoms with E-state index in [0.29, 0.717) is 13.1 Å². The van der Waals surface area contributed by atoms with Gasteiger partial charge in [-0.15, -0.1) is 0 Å². The van der Waals surface area contributed by atoms with Crippen LogP contribution in [0.15, 0.2) is 24.3 Å². The van der Waals surface area contributed by atoms with Crippen LogP contribution in [0.2, 0.25) is 0 Å². The van der Waals surface area contributed by atoms with Gasteiger partial charge >= 0.3 is 0 Å². The zero-order chi connectivity index (χ0) is 17.5. The minimum absolute atomic E-state index is 0.0939. The molecule has 2 aliphatic rings. The molecule has 25 heavy (non-hydrogen) atoms. The van der Waals surface area contributed by atoms with Gasteiger partial charge in [0.2, 0.25) is 5.91 Å². The molecule has 4 nitrogen and oxygen atoms in total. The highest BCUT2D eigenvalue weighted by molar-refractivity contribution is 5.78. The zero-order valence-corrected chi connectivity index (χ0v) is 15.1. The van der Waals surface area contributed by atoms with Crippen molar-refractivity contribution < 1.29 is 9.18 Å². The van der Waals surface area contributed by atoms with Gasteiger partial charge in [-0.3, -0.25) is 14.6 Å². The molecule has 1 N–H and O–H groups in total. The predicted octanol–water partition coefficient (Wildman–Crippen LogP) is 2.43. The maximum atomic E-state index is 12.9. The minimum Gasteiger partial charge on any atom is -0.355 e. The molecule has 0 bridgehead atoms. The van der Waals surface area contributed by atoms with Crippen molar-refractivity contribution >= 4 is 5.91 Å². The van der Waals surface area contributed by atoms with Crippen molar-refractivity contribution in [2.24, 2.45) is 0 Å². The second kappa shape index (κ2) is 9.30. The van der Waals surface area contributed by atoms with Crippen molar-refractivity contribution in [3.8, 4) is 0 Å². The maximum Gasteiger partial charge on any atom is 0.234 e. The molecule has 0 aromatic heterocycles. The van der Waals surface area contributed by atoms with E-state index in [0.717, 1.165) is 44.1 Å². The quantitative estimate of drug-likeness (QED) is 0.858. The van der Waals surface area contributed by atoms with E-state index in [9.17, 15) is 9.18 Å². The van der Waals surface area contributed by atoms with Crippen LogP contribution in [-0.4, -0.2) is 61.0 Å². The molecule has 5 heteroatoms. The van der Waals surface area contributed by atoms with Crippen molar-refractivity contribution in [3.05, 3.63) is 35.6 Å². The van der Waals surface area contributed by atoms with Crippen molar-refractivity contribution in [3.63, 3.8) is 0 Å². The first-order valence-corrected chi connectivity index (χ1v) is 9.68. The molecule has 1 saturated carbocycles. The summed E-state index contributed by atoms with van der Waals surface area (Å²) >= 11 is 0. The molecular formula is C20H30FN3O. The molecule has 1 aliphatic heterocycles. The fourth-order valence-corrected chi connectivity index (χ4v) is 4.04. The van der Waals surface area contributed by atoms with Crippen LogP contribution in [0.3, 0.4) is 0 Å². The SMILES string of the molecule is O=C(CN1CCCN(C2CCCC2)CC1)NCCc1ccc(F)cc1. The van der Waals surface area contributed by atoms with Gasteiger partial charge < -0.3 is 5.32 Å². The third-order valence-corrected chi connectivity index (χ3v) is 5.48. The number of hydrogen-bond acceptors (Lipinski definition) is 3. The summed E-state index contributed by atoms with van der Waals surface area (Å²) in [6.07, 6.45) is 7.34. The van der Waals surface area contributed by atoms with Crippen LogP contribution in [0.1, 0.15) is 37.7 Å². The number of amides is 1. The van der Waals surface area contributed by atoms with Crippen LogP contribution in [0.25, 0.3) is 0 Å². The zero-order valence-electron chi connectivity index (χ0n) is 15.1. The molecule has 0 radical (unpaired) electrons. The summed E-state index contributed by atoms with van der Waals surface area (Å²) in [7, 11) is 0. The molecule has 1 heterocycles. The Kier molecular flexibility index (Phi) is 6.82. The van der Waals surface area contributed by atoms with Gasteiger partial charge in [-0.25, -0.2) is 4.39 Å². The first-order chi connectivity index (χ1) is 12.2. The van der Waals surface area contributed by atoms with E-state index in [4.69, 9.17) is 0 Å². The highest BCUT2D eigenvalue weighted by atomic mass is 19.1. The van der Waals surface area contributed by atoms with Gasteiger partial charge in [0.25, 0.3) is 0 Å². The van der Waals surface area contributed by atoms with Crippen LogP contribution >= 0.6 is 0 Å². The molecular weight excluding hydrogens is 317 g/mol. The lowest BCUT2D eigenvalue weighted by atomic mass is 10.1. The standard InChI is InChI=1S/C20H30FN3O/c21-18-8-6-17(7-9-18)10-11-22-20(25)16-23-12-3-13-24(15-14-23)19-4-1-2-5-19/h6-9,19H,1-5,10-16H2,(H,22,25). The number of carbonyl (C=O) groups excluding carboxylic acids is 1. The van der Waals surface area contributed by atoms with E-state index in [-0.39, 0.29) is 11.7 Å². The Hall–Kier alpha value is -1.46. The van der Waals surface area contributed by atoms with Crippen molar-refractivity contribution in [1.82, 2.24) is 15.1 Å². The molecule has 138 valence electrons. The number of nitrogens with zero attached hydrogens (tertiary/aromatic N) is 2. The minimum atomic E-state index is -0.222. The monoisotopic (exact) mass is 347 g/mol. The Balaban J connectivity index is 1.35. The predicted molar refractivity (Wildman–Crippen MR) is 98.0 cm³/mol. The summed E-state index contributed by atoms with van der Waals surface area (Å²) in [5.74, 6) is -0.128. The number of nitrogens with one attached hydrogen (secondary N) is 1. The lowest BCUT2D eigenvalue weighted by molar-refractivity contribution is -0.122. The van der Waals surface area contributed by atoms with Gasteiger partial charge in [0.05, 0.1) is 6.54 Å². The van der Waals surface area contributed by atoms with Crippen LogP contribution in [0.5, 0.6) is 0 Å². The smallest absolute Gasteiger partial charge is 0.234 e. The van der Waals surface area contributed by atoms with Gasteiger partial charge in [-0.2, -0.15) is 0 Å². The molecule has 1 amide bonds. The number of carbonyl (C=O) groups is 1. The van der Waals surface area contributed by atoms with Crippen LogP contribution in [0, 0.1) is 5.82 Å². The average Bonchev–Trinajstić information content (AvgIpc) is 3.04. The molecule has 0 spiro atoms. The van der Waals surface area contributed by atoms with E-state index in [2.05, 4.69) is 15.1 Å². The van der Waals surface area contributed by atoms with E-state index >= 15 is 0 Å². The van der Waals surface area contributed by atoms with Crippen molar-refractivity contribution in [2.75, 3.05) is 39.3 Å². The summed E-state index contributed by atoms with van der Waals surface area (Å²) in [4.78, 5) is 17.1. The van der Waals surface area contributed by atoms with Gasteiger partial charge in [0.15, 0.2) is 0 Å². The Morgan fingerprint density at radius 2 is 1.80 bits per heavy atom.